The van der Waals surface area contributed by atoms with Gasteiger partial charge in [0.2, 0.25) is 6.79 Å². The summed E-state index contributed by atoms with van der Waals surface area (Å²) < 4.78 is 15.8. The summed E-state index contributed by atoms with van der Waals surface area (Å²) in [5.41, 5.74) is 2.94. The molecule has 1 N–H and O–H groups in total. The normalized spacial score (nSPS) is 12.3. The van der Waals surface area contributed by atoms with E-state index in [2.05, 4.69) is 4.98 Å². The summed E-state index contributed by atoms with van der Waals surface area (Å²) in [4.78, 5) is 26.8. The Morgan fingerprint density at radius 3 is 2.65 bits per heavy atom. The third kappa shape index (κ3) is 2.79. The minimum Gasteiger partial charge on any atom is -0.456 e. The molecule has 2 heterocycles. The van der Waals surface area contributed by atoms with Crippen LogP contribution in [0.2, 0.25) is 0 Å². The predicted octanol–water partition coefficient (Wildman–Crippen LogP) is 2.92. The fourth-order valence-electron chi connectivity index (χ4n) is 2.73. The molecule has 6 nitrogen and oxygen atoms in total. The maximum atomic E-state index is 12.2. The number of ketones is 1. The van der Waals surface area contributed by atoms with Crippen molar-refractivity contribution < 1.29 is 23.8 Å². The van der Waals surface area contributed by atoms with Crippen LogP contribution in [0.25, 0.3) is 0 Å². The monoisotopic (exact) mass is 315 g/mol. The van der Waals surface area contributed by atoms with Crippen molar-refractivity contribution in [2.75, 3.05) is 6.79 Å². The van der Waals surface area contributed by atoms with Gasteiger partial charge in [-0.2, -0.15) is 0 Å². The average Bonchev–Trinajstić information content (AvgIpc) is 3.08. The van der Waals surface area contributed by atoms with Gasteiger partial charge in [0, 0.05) is 11.3 Å². The summed E-state index contributed by atoms with van der Waals surface area (Å²) in [6.07, 6.45) is 0. The van der Waals surface area contributed by atoms with Gasteiger partial charge in [0.05, 0.1) is 0 Å². The quantitative estimate of drug-likeness (QED) is 0.693. The molecule has 2 aromatic rings. The Morgan fingerprint density at radius 2 is 1.96 bits per heavy atom. The van der Waals surface area contributed by atoms with Crippen molar-refractivity contribution in [3.8, 4) is 11.5 Å². The SMILES string of the molecule is CC(=O)c1c(C)[nH]c(C(=O)OCc2ccc3c(c2)OCO3)c1C. The number of hydrogen-bond acceptors (Lipinski definition) is 5. The van der Waals surface area contributed by atoms with Crippen LogP contribution in [0.5, 0.6) is 11.5 Å². The van der Waals surface area contributed by atoms with Gasteiger partial charge in [-0.15, -0.1) is 0 Å². The van der Waals surface area contributed by atoms with Gasteiger partial charge in [-0.1, -0.05) is 6.07 Å². The van der Waals surface area contributed by atoms with Gasteiger partial charge in [0.25, 0.3) is 0 Å². The van der Waals surface area contributed by atoms with Crippen LogP contribution in [0.1, 0.15) is 44.6 Å². The fraction of sp³-hybridized carbons (Fsp3) is 0.294. The Balaban J connectivity index is 1.73. The van der Waals surface area contributed by atoms with E-state index in [1.54, 1.807) is 26.0 Å². The van der Waals surface area contributed by atoms with E-state index in [0.717, 1.165) is 5.56 Å². The number of benzene rings is 1. The molecule has 0 spiro atoms. The third-order valence-electron chi connectivity index (χ3n) is 3.80. The van der Waals surface area contributed by atoms with Crippen LogP contribution in [-0.2, 0) is 11.3 Å². The molecule has 0 bridgehead atoms. The molecule has 120 valence electrons. The van der Waals surface area contributed by atoms with Gasteiger partial charge in [0.15, 0.2) is 17.3 Å². The lowest BCUT2D eigenvalue weighted by Gasteiger charge is -2.06. The molecule has 6 heteroatoms. The first kappa shape index (κ1) is 15.1. The number of ether oxygens (including phenoxy) is 3. The molecular formula is C17H17NO5. The zero-order valence-electron chi connectivity index (χ0n) is 13.2. The Hall–Kier alpha value is -2.76. The lowest BCUT2D eigenvalue weighted by Crippen LogP contribution is -2.07. The Labute approximate surface area is 133 Å². The van der Waals surface area contributed by atoms with Crippen molar-refractivity contribution in [1.82, 2.24) is 4.98 Å². The minimum absolute atomic E-state index is 0.0777. The number of H-pyrrole nitrogens is 1. The molecule has 0 saturated carbocycles. The van der Waals surface area contributed by atoms with Crippen molar-refractivity contribution in [1.29, 1.82) is 0 Å². The highest BCUT2D eigenvalue weighted by Gasteiger charge is 2.21. The molecule has 0 radical (unpaired) electrons. The van der Waals surface area contributed by atoms with E-state index in [-0.39, 0.29) is 19.2 Å². The second kappa shape index (κ2) is 5.79. The van der Waals surface area contributed by atoms with E-state index < -0.39 is 5.97 Å². The molecule has 1 aromatic carbocycles. The molecule has 0 atom stereocenters. The number of carbonyl (C=O) groups is 2. The summed E-state index contributed by atoms with van der Waals surface area (Å²) in [5.74, 6) is 0.758. The Morgan fingerprint density at radius 1 is 1.22 bits per heavy atom. The summed E-state index contributed by atoms with van der Waals surface area (Å²) >= 11 is 0. The second-order valence-electron chi connectivity index (χ2n) is 5.44. The van der Waals surface area contributed by atoms with Crippen molar-refractivity contribution in [2.24, 2.45) is 0 Å². The largest absolute Gasteiger partial charge is 0.456 e. The molecule has 0 amide bonds. The van der Waals surface area contributed by atoms with Crippen molar-refractivity contribution in [2.45, 2.75) is 27.4 Å². The van der Waals surface area contributed by atoms with Gasteiger partial charge in [0.1, 0.15) is 12.3 Å². The number of rotatable bonds is 4. The number of aromatic amines is 1. The number of esters is 1. The van der Waals surface area contributed by atoms with Gasteiger partial charge < -0.3 is 19.2 Å². The highest BCUT2D eigenvalue weighted by atomic mass is 16.7. The van der Waals surface area contributed by atoms with E-state index in [4.69, 9.17) is 14.2 Å². The van der Waals surface area contributed by atoms with Crippen molar-refractivity contribution >= 4 is 11.8 Å². The summed E-state index contributed by atoms with van der Waals surface area (Å²) in [7, 11) is 0. The first-order valence-electron chi connectivity index (χ1n) is 7.23. The highest BCUT2D eigenvalue weighted by Crippen LogP contribution is 2.32. The van der Waals surface area contributed by atoms with Crippen molar-refractivity contribution in [3.05, 3.63) is 46.3 Å². The zero-order chi connectivity index (χ0) is 16.6. The number of carbonyl (C=O) groups excluding carboxylic acids is 2. The van der Waals surface area contributed by atoms with Crippen LogP contribution in [0.3, 0.4) is 0 Å². The minimum atomic E-state index is -0.490. The van der Waals surface area contributed by atoms with Gasteiger partial charge in [-0.25, -0.2) is 4.79 Å². The fourth-order valence-corrected chi connectivity index (χ4v) is 2.73. The topological polar surface area (TPSA) is 77.6 Å². The van der Waals surface area contributed by atoms with Crippen LogP contribution >= 0.6 is 0 Å². The second-order valence-corrected chi connectivity index (χ2v) is 5.44. The van der Waals surface area contributed by atoms with Crippen LogP contribution < -0.4 is 9.47 Å². The van der Waals surface area contributed by atoms with E-state index in [9.17, 15) is 9.59 Å². The Bertz CT molecular complexity index is 791. The van der Waals surface area contributed by atoms with Crippen LogP contribution in [0.4, 0.5) is 0 Å². The van der Waals surface area contributed by atoms with E-state index >= 15 is 0 Å². The van der Waals surface area contributed by atoms with Crippen LogP contribution in [-0.4, -0.2) is 23.5 Å². The maximum absolute atomic E-state index is 12.2. The number of Topliss-reactive ketones (excluding diaryl/α,β-unsaturated/α-hetero) is 1. The smallest absolute Gasteiger partial charge is 0.355 e. The molecule has 1 aliphatic rings. The zero-order valence-corrected chi connectivity index (χ0v) is 13.2. The summed E-state index contributed by atoms with van der Waals surface area (Å²) in [6.45, 7) is 5.29. The maximum Gasteiger partial charge on any atom is 0.355 e. The first-order chi connectivity index (χ1) is 11.0. The number of aromatic nitrogens is 1. The van der Waals surface area contributed by atoms with E-state index in [1.807, 2.05) is 6.07 Å². The standard InChI is InChI=1S/C17H17NO5/c1-9-15(11(3)19)10(2)18-16(9)17(20)21-7-12-4-5-13-14(6-12)23-8-22-13/h4-6,18H,7-8H2,1-3H3. The number of aryl methyl sites for hydroxylation is 1. The molecule has 0 fully saturated rings. The molecule has 1 aromatic heterocycles. The number of fused-ring (bicyclic) bond motifs is 1. The molecule has 1 aliphatic heterocycles. The number of hydrogen-bond donors (Lipinski definition) is 1. The lowest BCUT2D eigenvalue weighted by molar-refractivity contribution is 0.0465. The van der Waals surface area contributed by atoms with Crippen LogP contribution in [0, 0.1) is 13.8 Å². The molecule has 0 aliphatic carbocycles. The van der Waals surface area contributed by atoms with Crippen molar-refractivity contribution in [3.63, 3.8) is 0 Å². The van der Waals surface area contributed by atoms with Gasteiger partial charge in [-0.05, 0) is 44.0 Å². The first-order valence-corrected chi connectivity index (χ1v) is 7.23. The van der Waals surface area contributed by atoms with E-state index in [1.165, 1.54) is 6.92 Å². The van der Waals surface area contributed by atoms with Gasteiger partial charge >= 0.3 is 5.97 Å². The molecule has 23 heavy (non-hydrogen) atoms. The Kier molecular flexibility index (Phi) is 3.82. The molecule has 0 saturated heterocycles. The average molecular weight is 315 g/mol. The summed E-state index contributed by atoms with van der Waals surface area (Å²) in [6, 6.07) is 5.38. The number of nitrogens with one attached hydrogen (secondary N) is 1. The molecule has 0 unspecified atom stereocenters. The third-order valence-corrected chi connectivity index (χ3v) is 3.80. The lowest BCUT2D eigenvalue weighted by atomic mass is 10.1. The summed E-state index contributed by atoms with van der Waals surface area (Å²) in [5, 5.41) is 0. The highest BCUT2D eigenvalue weighted by molar-refractivity contribution is 6.01. The van der Waals surface area contributed by atoms with E-state index in [0.29, 0.717) is 34.0 Å². The molecular weight excluding hydrogens is 298 g/mol. The predicted molar refractivity (Wildman–Crippen MR) is 82.0 cm³/mol. The molecule has 3 rings (SSSR count). The van der Waals surface area contributed by atoms with Gasteiger partial charge in [-0.3, -0.25) is 4.79 Å². The van der Waals surface area contributed by atoms with Crippen LogP contribution in [0.15, 0.2) is 18.2 Å².